The number of fused-ring (bicyclic) bond motifs is 1. The highest BCUT2D eigenvalue weighted by Gasteiger charge is 2.12. The van der Waals surface area contributed by atoms with Crippen molar-refractivity contribution in [1.82, 2.24) is 9.97 Å². The van der Waals surface area contributed by atoms with E-state index in [4.69, 9.17) is 5.26 Å². The highest BCUT2D eigenvalue weighted by Crippen LogP contribution is 2.37. The topological polar surface area (TPSA) is 49.6 Å². The maximum atomic E-state index is 8.72. The molecule has 0 saturated carbocycles. The zero-order valence-electron chi connectivity index (χ0n) is 9.91. The number of rotatable bonds is 3. The Labute approximate surface area is 118 Å². The van der Waals surface area contributed by atoms with Crippen LogP contribution >= 0.6 is 23.1 Å². The Balaban J connectivity index is 2.18. The summed E-state index contributed by atoms with van der Waals surface area (Å²) in [4.78, 5) is 9.58. The predicted molar refractivity (Wildman–Crippen MR) is 79.2 cm³/mol. The van der Waals surface area contributed by atoms with Gasteiger partial charge in [-0.1, -0.05) is 42.1 Å². The van der Waals surface area contributed by atoms with Gasteiger partial charge in [0.2, 0.25) is 0 Å². The minimum absolute atomic E-state index is 0.399. The first-order valence-corrected chi connectivity index (χ1v) is 7.54. The van der Waals surface area contributed by atoms with Gasteiger partial charge in [0.25, 0.3) is 0 Å². The molecule has 3 nitrogen and oxygen atoms in total. The molecule has 0 radical (unpaired) electrons. The highest BCUT2D eigenvalue weighted by atomic mass is 32.2. The molecule has 0 amide bonds. The van der Waals surface area contributed by atoms with E-state index in [0.29, 0.717) is 5.75 Å². The fourth-order valence-electron chi connectivity index (χ4n) is 1.89. The molecule has 19 heavy (non-hydrogen) atoms. The van der Waals surface area contributed by atoms with Gasteiger partial charge in [-0.3, -0.25) is 0 Å². The van der Waals surface area contributed by atoms with Crippen LogP contribution in [0.1, 0.15) is 0 Å². The quantitative estimate of drug-likeness (QED) is 0.539. The normalized spacial score (nSPS) is 10.5. The van der Waals surface area contributed by atoms with Gasteiger partial charge in [-0.05, 0) is 5.56 Å². The van der Waals surface area contributed by atoms with Crippen LogP contribution in [0.15, 0.2) is 47.1 Å². The Morgan fingerprint density at radius 1 is 1.21 bits per heavy atom. The highest BCUT2D eigenvalue weighted by molar-refractivity contribution is 7.99. The fourth-order valence-corrected chi connectivity index (χ4v) is 3.54. The largest absolute Gasteiger partial charge is 0.229 e. The van der Waals surface area contributed by atoms with Gasteiger partial charge in [0, 0.05) is 10.9 Å². The van der Waals surface area contributed by atoms with Crippen LogP contribution in [-0.2, 0) is 0 Å². The van der Waals surface area contributed by atoms with E-state index < -0.39 is 0 Å². The fraction of sp³-hybridized carbons (Fsp3) is 0.0714. The lowest BCUT2D eigenvalue weighted by atomic mass is 10.1. The number of benzene rings is 1. The van der Waals surface area contributed by atoms with Crippen molar-refractivity contribution >= 4 is 33.3 Å². The van der Waals surface area contributed by atoms with Gasteiger partial charge >= 0.3 is 0 Å². The van der Waals surface area contributed by atoms with Gasteiger partial charge in [0.1, 0.15) is 16.2 Å². The third-order valence-corrected chi connectivity index (χ3v) is 4.44. The zero-order chi connectivity index (χ0) is 13.1. The Morgan fingerprint density at radius 3 is 2.84 bits per heavy atom. The van der Waals surface area contributed by atoms with E-state index in [9.17, 15) is 0 Å². The monoisotopic (exact) mass is 283 g/mol. The Morgan fingerprint density at radius 2 is 2.05 bits per heavy atom. The zero-order valence-corrected chi connectivity index (χ0v) is 11.5. The van der Waals surface area contributed by atoms with Crippen molar-refractivity contribution in [2.45, 2.75) is 5.03 Å². The molecule has 0 atom stereocenters. The molecule has 0 unspecified atom stereocenters. The number of thiophene rings is 1. The molecule has 2 heterocycles. The van der Waals surface area contributed by atoms with Crippen molar-refractivity contribution in [3.8, 4) is 17.2 Å². The molecule has 0 N–H and O–H groups in total. The first-order chi connectivity index (χ1) is 9.40. The number of nitriles is 1. The van der Waals surface area contributed by atoms with Crippen molar-refractivity contribution in [3.63, 3.8) is 0 Å². The van der Waals surface area contributed by atoms with Crippen molar-refractivity contribution in [3.05, 3.63) is 42.0 Å². The molecule has 3 rings (SSSR count). The second kappa shape index (κ2) is 5.39. The van der Waals surface area contributed by atoms with Gasteiger partial charge < -0.3 is 0 Å². The Kier molecular flexibility index (Phi) is 3.45. The predicted octanol–water partition coefficient (Wildman–Crippen LogP) is 3.97. The molecule has 0 saturated heterocycles. The maximum Gasteiger partial charge on any atom is 0.128 e. The molecule has 92 valence electrons. The lowest BCUT2D eigenvalue weighted by Gasteiger charge is -2.03. The van der Waals surface area contributed by atoms with Crippen LogP contribution < -0.4 is 0 Å². The van der Waals surface area contributed by atoms with E-state index in [1.165, 1.54) is 11.8 Å². The smallest absolute Gasteiger partial charge is 0.128 e. The number of thioether (sulfide) groups is 1. The summed E-state index contributed by atoms with van der Waals surface area (Å²) in [6, 6.07) is 12.3. The van der Waals surface area contributed by atoms with E-state index in [1.54, 1.807) is 17.7 Å². The first kappa shape index (κ1) is 12.2. The Hall–Kier alpha value is -1.90. The summed E-state index contributed by atoms with van der Waals surface area (Å²) in [6.45, 7) is 0. The van der Waals surface area contributed by atoms with Crippen LogP contribution in [0.3, 0.4) is 0 Å². The van der Waals surface area contributed by atoms with Crippen LogP contribution in [0.5, 0.6) is 0 Å². The van der Waals surface area contributed by atoms with Crippen molar-refractivity contribution < 1.29 is 0 Å². The molecule has 0 aliphatic carbocycles. The summed E-state index contributed by atoms with van der Waals surface area (Å²) in [5, 5.41) is 12.8. The first-order valence-electron chi connectivity index (χ1n) is 5.67. The molecule has 0 bridgehead atoms. The van der Waals surface area contributed by atoms with E-state index >= 15 is 0 Å². The van der Waals surface area contributed by atoms with Crippen LogP contribution in [-0.4, -0.2) is 15.7 Å². The lowest BCUT2D eigenvalue weighted by Crippen LogP contribution is -1.86. The van der Waals surface area contributed by atoms with Crippen molar-refractivity contribution in [2.24, 2.45) is 0 Å². The summed E-state index contributed by atoms with van der Waals surface area (Å²) in [5.41, 5.74) is 2.30. The lowest BCUT2D eigenvalue weighted by molar-refractivity contribution is 1.11. The average molecular weight is 283 g/mol. The van der Waals surface area contributed by atoms with Gasteiger partial charge in [0.05, 0.1) is 17.2 Å². The van der Waals surface area contributed by atoms with Crippen LogP contribution in [0, 0.1) is 11.3 Å². The van der Waals surface area contributed by atoms with Crippen LogP contribution in [0.2, 0.25) is 0 Å². The third kappa shape index (κ3) is 2.33. The molecule has 3 aromatic rings. The van der Waals surface area contributed by atoms with Crippen LogP contribution in [0.25, 0.3) is 21.3 Å². The molecule has 1 aromatic carbocycles. The van der Waals surface area contributed by atoms with E-state index in [0.717, 1.165) is 26.4 Å². The van der Waals surface area contributed by atoms with Gasteiger partial charge in [0.15, 0.2) is 0 Å². The second-order valence-electron chi connectivity index (χ2n) is 3.82. The molecule has 2 aromatic heterocycles. The SMILES string of the molecule is N#CCSc1ncnc2scc(-c3ccccc3)c12. The maximum absolute atomic E-state index is 8.72. The summed E-state index contributed by atoms with van der Waals surface area (Å²) in [5.74, 6) is 0.399. The van der Waals surface area contributed by atoms with E-state index in [2.05, 4.69) is 33.5 Å². The van der Waals surface area contributed by atoms with Crippen LogP contribution in [0.4, 0.5) is 0 Å². The van der Waals surface area contributed by atoms with Crippen molar-refractivity contribution in [1.29, 1.82) is 5.26 Å². The minimum atomic E-state index is 0.399. The molecular weight excluding hydrogens is 274 g/mol. The van der Waals surface area contributed by atoms with Gasteiger partial charge in [-0.2, -0.15) is 5.26 Å². The number of hydrogen-bond acceptors (Lipinski definition) is 5. The number of aromatic nitrogens is 2. The third-order valence-electron chi connectivity index (χ3n) is 2.69. The molecule has 0 aliphatic rings. The van der Waals surface area contributed by atoms with Gasteiger partial charge in [-0.25, -0.2) is 9.97 Å². The molecule has 0 spiro atoms. The summed E-state index contributed by atoms with van der Waals surface area (Å²) in [7, 11) is 0. The van der Waals surface area contributed by atoms with Crippen molar-refractivity contribution in [2.75, 3.05) is 5.75 Å². The van der Waals surface area contributed by atoms with E-state index in [-0.39, 0.29) is 0 Å². The molecule has 5 heteroatoms. The summed E-state index contributed by atoms with van der Waals surface area (Å²) < 4.78 is 0. The Bertz CT molecular complexity index is 744. The summed E-state index contributed by atoms with van der Waals surface area (Å²) >= 11 is 3.07. The van der Waals surface area contributed by atoms with E-state index in [1.807, 2.05) is 18.2 Å². The minimum Gasteiger partial charge on any atom is -0.229 e. The average Bonchev–Trinajstić information content (AvgIpc) is 2.90. The standard InChI is InChI=1S/C14H9N3S2/c15-6-7-18-13-12-11(10-4-2-1-3-5-10)8-19-14(12)17-9-16-13/h1-5,8-9H,7H2. The number of hydrogen-bond donors (Lipinski definition) is 0. The molecular formula is C14H9N3S2. The van der Waals surface area contributed by atoms with Gasteiger partial charge in [-0.15, -0.1) is 11.3 Å². The second-order valence-corrected chi connectivity index (χ2v) is 5.64. The molecule has 0 aliphatic heterocycles. The number of nitrogens with zero attached hydrogens (tertiary/aromatic N) is 3. The summed E-state index contributed by atoms with van der Waals surface area (Å²) in [6.07, 6.45) is 1.56. The molecule has 0 fully saturated rings.